The van der Waals surface area contributed by atoms with Crippen LogP contribution in [-0.4, -0.2) is 75.2 Å². The van der Waals surface area contributed by atoms with Crippen LogP contribution in [0.25, 0.3) is 0 Å². The van der Waals surface area contributed by atoms with E-state index in [0.29, 0.717) is 0 Å². The third kappa shape index (κ3) is 11.7. The van der Waals surface area contributed by atoms with Crippen molar-refractivity contribution in [3.05, 3.63) is 5.92 Å². The molecule has 0 aromatic rings. The van der Waals surface area contributed by atoms with Crippen molar-refractivity contribution in [3.8, 4) is 0 Å². The molecule has 2 saturated heterocycles. The van der Waals surface area contributed by atoms with Gasteiger partial charge in [-0.1, -0.05) is 51.9 Å². The largest absolute Gasteiger partial charge is 0.315 e. The van der Waals surface area contributed by atoms with Crippen LogP contribution in [0.2, 0.25) is 0 Å². The van der Waals surface area contributed by atoms with Crippen LogP contribution in [0, 0.1) is 5.92 Å². The number of rotatable bonds is 17. The van der Waals surface area contributed by atoms with Gasteiger partial charge in [0, 0.05) is 45.2 Å². The molecule has 2 heterocycles. The first-order valence-electron chi connectivity index (χ1n) is 12.6. The second kappa shape index (κ2) is 16.6. The lowest BCUT2D eigenvalue weighted by Crippen LogP contribution is -2.38. The Labute approximate surface area is 176 Å². The predicted octanol–water partition coefficient (Wildman–Crippen LogP) is 4.07. The predicted molar refractivity (Wildman–Crippen MR) is 123 cm³/mol. The summed E-state index contributed by atoms with van der Waals surface area (Å²) in [6.45, 7) is 14.5. The minimum absolute atomic E-state index is 1.11. The molecule has 2 rings (SSSR count). The van der Waals surface area contributed by atoms with Crippen molar-refractivity contribution >= 4 is 0 Å². The summed E-state index contributed by atoms with van der Waals surface area (Å²) in [5.74, 6) is 1.69. The van der Waals surface area contributed by atoms with E-state index in [4.69, 9.17) is 0 Å². The standard InChI is InChI=1S/C24H49N4/c1-2-3-4-5-6-8-13-24(23-26-15-21-28-18-11-12-19-28)22-25-14-20-27-16-9-7-10-17-27/h25-26H,2-23H2,1H3. The average molecular weight is 394 g/mol. The van der Waals surface area contributed by atoms with Gasteiger partial charge in [-0.05, 0) is 58.3 Å². The van der Waals surface area contributed by atoms with Gasteiger partial charge in [0.2, 0.25) is 0 Å². The molecular formula is C24H49N4. The number of hydrogen-bond donors (Lipinski definition) is 2. The van der Waals surface area contributed by atoms with Crippen LogP contribution in [0.5, 0.6) is 0 Å². The van der Waals surface area contributed by atoms with Gasteiger partial charge in [-0.25, -0.2) is 0 Å². The van der Waals surface area contributed by atoms with Gasteiger partial charge in [-0.15, -0.1) is 0 Å². The highest BCUT2D eigenvalue weighted by Crippen LogP contribution is 2.13. The molecule has 0 aromatic heterocycles. The van der Waals surface area contributed by atoms with E-state index in [0.717, 1.165) is 26.2 Å². The van der Waals surface area contributed by atoms with E-state index in [2.05, 4.69) is 27.4 Å². The normalized spacial score (nSPS) is 19.1. The lowest BCUT2D eigenvalue weighted by molar-refractivity contribution is 0.229. The molecule has 2 aliphatic rings. The minimum atomic E-state index is 1.11. The van der Waals surface area contributed by atoms with Crippen LogP contribution < -0.4 is 10.6 Å². The number of hydrogen-bond acceptors (Lipinski definition) is 4. The van der Waals surface area contributed by atoms with E-state index in [-0.39, 0.29) is 0 Å². The first-order valence-corrected chi connectivity index (χ1v) is 12.6. The summed E-state index contributed by atoms with van der Waals surface area (Å²) in [6, 6.07) is 0. The van der Waals surface area contributed by atoms with Gasteiger partial charge in [0.05, 0.1) is 0 Å². The highest BCUT2D eigenvalue weighted by molar-refractivity contribution is 4.94. The molecule has 2 aliphatic heterocycles. The quantitative estimate of drug-likeness (QED) is 0.365. The van der Waals surface area contributed by atoms with Gasteiger partial charge in [0.1, 0.15) is 0 Å². The molecule has 0 atom stereocenters. The zero-order valence-electron chi connectivity index (χ0n) is 19.0. The van der Waals surface area contributed by atoms with Crippen LogP contribution in [0.1, 0.15) is 84.0 Å². The summed E-state index contributed by atoms with van der Waals surface area (Å²) >= 11 is 0. The number of nitrogens with zero attached hydrogens (tertiary/aromatic N) is 2. The molecule has 4 nitrogen and oxygen atoms in total. The molecule has 0 unspecified atom stereocenters. The fourth-order valence-corrected chi connectivity index (χ4v) is 4.59. The van der Waals surface area contributed by atoms with Crippen LogP contribution in [0.3, 0.4) is 0 Å². The fraction of sp³-hybridized carbons (Fsp3) is 0.958. The second-order valence-corrected chi connectivity index (χ2v) is 9.07. The maximum Gasteiger partial charge on any atom is 0.0107 e. The molecule has 165 valence electrons. The molecule has 0 saturated carbocycles. The van der Waals surface area contributed by atoms with Crippen LogP contribution in [-0.2, 0) is 0 Å². The summed E-state index contributed by atoms with van der Waals surface area (Å²) < 4.78 is 0. The first-order chi connectivity index (χ1) is 13.9. The van der Waals surface area contributed by atoms with Gasteiger partial charge in [-0.3, -0.25) is 0 Å². The number of piperidine rings is 1. The van der Waals surface area contributed by atoms with Crippen molar-refractivity contribution < 1.29 is 0 Å². The summed E-state index contributed by atoms with van der Waals surface area (Å²) in [4.78, 5) is 5.25. The van der Waals surface area contributed by atoms with E-state index >= 15 is 0 Å². The molecule has 0 aromatic carbocycles. The molecule has 0 bridgehead atoms. The smallest absolute Gasteiger partial charge is 0.0107 e. The molecule has 2 N–H and O–H groups in total. The van der Waals surface area contributed by atoms with Gasteiger partial charge in [-0.2, -0.15) is 0 Å². The maximum absolute atomic E-state index is 3.75. The third-order valence-electron chi connectivity index (χ3n) is 6.49. The van der Waals surface area contributed by atoms with Crippen molar-refractivity contribution in [3.63, 3.8) is 0 Å². The highest BCUT2D eigenvalue weighted by atomic mass is 15.2. The van der Waals surface area contributed by atoms with Gasteiger partial charge >= 0.3 is 0 Å². The molecular weight excluding hydrogens is 344 g/mol. The second-order valence-electron chi connectivity index (χ2n) is 9.07. The van der Waals surface area contributed by atoms with Crippen LogP contribution in [0.4, 0.5) is 0 Å². The van der Waals surface area contributed by atoms with Crippen LogP contribution >= 0.6 is 0 Å². The summed E-state index contributed by atoms with van der Waals surface area (Å²) in [5.41, 5.74) is 0. The molecule has 0 amide bonds. The molecule has 2 fully saturated rings. The summed E-state index contributed by atoms with van der Waals surface area (Å²) in [5, 5.41) is 7.48. The number of nitrogens with one attached hydrogen (secondary N) is 2. The van der Waals surface area contributed by atoms with Crippen molar-refractivity contribution in [2.24, 2.45) is 0 Å². The SMILES string of the molecule is CCCCCCCC[C](CNCCN1CCCCC1)CNCCN1CCCC1. The highest BCUT2D eigenvalue weighted by Gasteiger charge is 2.13. The van der Waals surface area contributed by atoms with E-state index in [1.165, 1.54) is 116 Å². The molecule has 28 heavy (non-hydrogen) atoms. The lowest BCUT2D eigenvalue weighted by Gasteiger charge is -2.27. The van der Waals surface area contributed by atoms with E-state index in [1.807, 2.05) is 0 Å². The third-order valence-corrected chi connectivity index (χ3v) is 6.49. The van der Waals surface area contributed by atoms with Crippen LogP contribution in [0.15, 0.2) is 0 Å². The monoisotopic (exact) mass is 393 g/mol. The Bertz CT molecular complexity index is 337. The number of unbranched alkanes of at least 4 members (excludes halogenated alkanes) is 5. The van der Waals surface area contributed by atoms with E-state index in [9.17, 15) is 0 Å². The Kier molecular flexibility index (Phi) is 14.3. The Balaban J connectivity index is 1.55. The number of likely N-dealkylation sites (tertiary alicyclic amines) is 2. The lowest BCUT2D eigenvalue weighted by atomic mass is 9.99. The zero-order valence-corrected chi connectivity index (χ0v) is 19.0. The maximum atomic E-state index is 3.75. The summed E-state index contributed by atoms with van der Waals surface area (Å²) in [7, 11) is 0. The zero-order chi connectivity index (χ0) is 19.7. The van der Waals surface area contributed by atoms with Crippen molar-refractivity contribution in [2.75, 3.05) is 65.4 Å². The van der Waals surface area contributed by atoms with E-state index in [1.54, 1.807) is 5.92 Å². The minimum Gasteiger partial charge on any atom is -0.315 e. The molecule has 0 aliphatic carbocycles. The fourth-order valence-electron chi connectivity index (χ4n) is 4.59. The topological polar surface area (TPSA) is 30.5 Å². The van der Waals surface area contributed by atoms with E-state index < -0.39 is 0 Å². The molecule has 4 heteroatoms. The van der Waals surface area contributed by atoms with Gasteiger partial charge in [0.25, 0.3) is 0 Å². The van der Waals surface area contributed by atoms with Gasteiger partial charge in [0.15, 0.2) is 0 Å². The van der Waals surface area contributed by atoms with Gasteiger partial charge < -0.3 is 20.4 Å². The van der Waals surface area contributed by atoms with Crippen molar-refractivity contribution in [1.29, 1.82) is 0 Å². The Morgan fingerprint density at radius 2 is 1.14 bits per heavy atom. The Hall–Kier alpha value is -0.160. The Morgan fingerprint density at radius 3 is 1.71 bits per heavy atom. The first kappa shape index (κ1) is 24.1. The average Bonchev–Trinajstić information content (AvgIpc) is 3.24. The molecule has 0 spiro atoms. The van der Waals surface area contributed by atoms with Crippen molar-refractivity contribution in [1.82, 2.24) is 20.4 Å². The molecule has 1 radical (unpaired) electrons. The Morgan fingerprint density at radius 1 is 0.643 bits per heavy atom. The summed E-state index contributed by atoms with van der Waals surface area (Å²) in [6.07, 6.45) is 16.7. The van der Waals surface area contributed by atoms with Crippen molar-refractivity contribution in [2.45, 2.75) is 84.0 Å².